The van der Waals surface area contributed by atoms with Crippen molar-refractivity contribution in [1.29, 1.82) is 0 Å². The second kappa shape index (κ2) is 19.0. The lowest BCUT2D eigenvalue weighted by atomic mass is 9.80. The molecule has 0 radical (unpaired) electrons. The van der Waals surface area contributed by atoms with Gasteiger partial charge in [0.1, 0.15) is 29.8 Å². The average molecular weight is 718 g/mol. The molecule has 1 fully saturated rings. The highest BCUT2D eigenvalue weighted by atomic mass is 31.2. The molecule has 3 aromatic carbocycles. The number of amides is 1. The molecule has 0 spiro atoms. The third-order valence-electron chi connectivity index (χ3n) is 8.24. The predicted octanol–water partition coefficient (Wildman–Crippen LogP) is 6.00. The Kier molecular flexibility index (Phi) is 14.8. The second-order valence-corrected chi connectivity index (χ2v) is 12.8. The molecule has 1 heterocycles. The Morgan fingerprint density at radius 3 is 1.90 bits per heavy atom. The first-order valence-corrected chi connectivity index (χ1v) is 17.7. The number of methoxy groups -OCH3 is 2. The van der Waals surface area contributed by atoms with Crippen molar-refractivity contribution < 1.29 is 46.0 Å². The first-order chi connectivity index (χ1) is 24.1. The van der Waals surface area contributed by atoms with Gasteiger partial charge < -0.3 is 37.7 Å². The predicted molar refractivity (Wildman–Crippen MR) is 183 cm³/mol. The third kappa shape index (κ3) is 10.6. The summed E-state index contributed by atoms with van der Waals surface area (Å²) < 4.78 is 74.7. The fourth-order valence-electron chi connectivity index (χ4n) is 5.58. The normalized spacial score (nSPS) is 15.3. The van der Waals surface area contributed by atoms with Gasteiger partial charge in [0.25, 0.3) is 0 Å². The van der Waals surface area contributed by atoms with E-state index in [0.717, 1.165) is 21.6 Å². The van der Waals surface area contributed by atoms with Crippen LogP contribution < -0.4 is 9.47 Å². The summed E-state index contributed by atoms with van der Waals surface area (Å²) in [7, 11) is 1.92. The molecule has 0 N–H and O–H groups in total. The maximum absolute atomic E-state index is 12.9. The van der Waals surface area contributed by atoms with Gasteiger partial charge in [-0.25, -0.2) is 6.57 Å². The molecule has 10 nitrogen and oxygen atoms in total. The first kappa shape index (κ1) is 39.0. The smallest absolute Gasteiger partial charge is 0.471 e. The number of carbonyl (C=O) groups excluding carboxylic acids is 1. The number of halogens is 3. The number of alkyl halides is 3. The average Bonchev–Trinajstić information content (AvgIpc) is 3.14. The van der Waals surface area contributed by atoms with Crippen molar-refractivity contribution in [3.8, 4) is 11.5 Å². The summed E-state index contributed by atoms with van der Waals surface area (Å²) in [6, 6.07) is 25.2. The standard InChI is InChI=1S/C36H43F3N3O7P/c1-40-18-24-48-50(4)49-27-33(46-25-23-41-19-21-42(22-20-41)34(43)36(37,38)39)26-47-35(28-8-6-5-7-9-28,29-10-14-31(44-2)15-11-29)30-12-16-32(45-3)17-13-30/h5-17,33H,18-27H2,2-4H3/t33-,50?/m1/s1. The number of hydrogen-bond acceptors (Lipinski definition) is 8. The van der Waals surface area contributed by atoms with Crippen molar-refractivity contribution in [2.45, 2.75) is 17.9 Å². The summed E-state index contributed by atoms with van der Waals surface area (Å²) in [5.74, 6) is -0.426. The quantitative estimate of drug-likeness (QED) is 0.0687. The zero-order valence-corrected chi connectivity index (χ0v) is 29.3. The van der Waals surface area contributed by atoms with E-state index < -0.39 is 32.2 Å². The summed E-state index contributed by atoms with van der Waals surface area (Å²) in [6.45, 7) is 10.7. The maximum atomic E-state index is 12.9. The van der Waals surface area contributed by atoms with Crippen LogP contribution in [0.1, 0.15) is 16.7 Å². The van der Waals surface area contributed by atoms with E-state index in [0.29, 0.717) is 31.1 Å². The van der Waals surface area contributed by atoms with E-state index in [1.54, 1.807) is 14.2 Å². The number of rotatable bonds is 18. The molecule has 0 bridgehead atoms. The largest absolute Gasteiger partial charge is 0.497 e. The summed E-state index contributed by atoms with van der Waals surface area (Å²) in [6.07, 6.45) is -5.46. The van der Waals surface area contributed by atoms with E-state index in [1.807, 2.05) is 90.4 Å². The molecule has 1 saturated heterocycles. The molecule has 1 amide bonds. The Labute approximate surface area is 292 Å². The van der Waals surface area contributed by atoms with Gasteiger partial charge in [0.05, 0.1) is 34.0 Å². The minimum atomic E-state index is -4.89. The van der Waals surface area contributed by atoms with E-state index in [1.165, 1.54) is 0 Å². The molecule has 0 saturated carbocycles. The molecule has 270 valence electrons. The van der Waals surface area contributed by atoms with E-state index in [2.05, 4.69) is 4.85 Å². The zero-order valence-electron chi connectivity index (χ0n) is 28.4. The molecular weight excluding hydrogens is 674 g/mol. The van der Waals surface area contributed by atoms with Gasteiger partial charge in [0.15, 0.2) is 8.38 Å². The van der Waals surface area contributed by atoms with Gasteiger partial charge >= 0.3 is 12.1 Å². The van der Waals surface area contributed by atoms with Crippen molar-refractivity contribution in [2.75, 3.05) is 86.6 Å². The van der Waals surface area contributed by atoms with Crippen LogP contribution in [0.2, 0.25) is 0 Å². The van der Waals surface area contributed by atoms with Gasteiger partial charge in [-0.05, 0) is 41.0 Å². The molecule has 14 heteroatoms. The van der Waals surface area contributed by atoms with Crippen molar-refractivity contribution in [3.05, 3.63) is 107 Å². The number of nitrogens with zero attached hydrogens (tertiary/aromatic N) is 3. The SMILES string of the molecule is [C-]#[N+]CCOP(C)OC[C@@H](COC(c1ccccc1)(c1ccc(OC)cc1)c1ccc(OC)cc1)OCCN1CCN(C(=O)C(F)(F)F)CC1. The number of hydrogen-bond donors (Lipinski definition) is 0. The Balaban J connectivity index is 1.56. The third-order valence-corrected chi connectivity index (χ3v) is 9.30. The van der Waals surface area contributed by atoms with Crippen molar-refractivity contribution in [2.24, 2.45) is 0 Å². The number of piperazine rings is 1. The van der Waals surface area contributed by atoms with Crippen molar-refractivity contribution in [1.82, 2.24) is 9.80 Å². The summed E-state index contributed by atoms with van der Waals surface area (Å²) in [4.78, 5) is 17.8. The number of benzene rings is 3. The van der Waals surface area contributed by atoms with Crippen LogP contribution >= 0.6 is 8.38 Å². The lowest BCUT2D eigenvalue weighted by Crippen LogP contribution is -2.52. The van der Waals surface area contributed by atoms with E-state index in [-0.39, 0.29) is 46.1 Å². The zero-order chi connectivity index (χ0) is 36.0. The van der Waals surface area contributed by atoms with Crippen LogP contribution in [0.4, 0.5) is 13.2 Å². The molecule has 4 rings (SSSR count). The molecule has 1 unspecified atom stereocenters. The first-order valence-electron chi connectivity index (χ1n) is 16.1. The van der Waals surface area contributed by atoms with Gasteiger partial charge in [-0.2, -0.15) is 13.2 Å². The molecular formula is C36H43F3N3O7P. The Hall–Kier alpha value is -3.76. The van der Waals surface area contributed by atoms with E-state index in [4.69, 9.17) is 34.6 Å². The fourth-order valence-corrected chi connectivity index (χ4v) is 6.37. The van der Waals surface area contributed by atoms with E-state index in [9.17, 15) is 18.0 Å². The van der Waals surface area contributed by atoms with Crippen LogP contribution in [0.5, 0.6) is 11.5 Å². The van der Waals surface area contributed by atoms with Crippen LogP contribution in [0.3, 0.4) is 0 Å². The highest BCUT2D eigenvalue weighted by molar-refractivity contribution is 7.46. The second-order valence-electron chi connectivity index (χ2n) is 11.4. The molecule has 1 aliphatic rings. The molecule has 0 aromatic heterocycles. The maximum Gasteiger partial charge on any atom is 0.471 e. The Morgan fingerprint density at radius 1 is 0.820 bits per heavy atom. The van der Waals surface area contributed by atoms with Crippen molar-refractivity contribution in [3.63, 3.8) is 0 Å². The van der Waals surface area contributed by atoms with Gasteiger partial charge in [0.2, 0.25) is 6.54 Å². The lowest BCUT2D eigenvalue weighted by molar-refractivity contribution is -0.187. The van der Waals surface area contributed by atoms with Gasteiger partial charge in [-0.3, -0.25) is 9.69 Å². The van der Waals surface area contributed by atoms with Crippen LogP contribution in [0.15, 0.2) is 78.9 Å². The van der Waals surface area contributed by atoms with Crippen molar-refractivity contribution >= 4 is 14.3 Å². The topological polar surface area (TPSA) is 83.3 Å². The molecule has 3 aromatic rings. The van der Waals surface area contributed by atoms with E-state index >= 15 is 0 Å². The number of ether oxygens (including phenoxy) is 4. The number of carbonyl (C=O) groups is 1. The van der Waals surface area contributed by atoms with Crippen LogP contribution in [-0.2, 0) is 28.9 Å². The van der Waals surface area contributed by atoms with Crippen LogP contribution in [0.25, 0.3) is 4.85 Å². The highest BCUT2D eigenvalue weighted by Crippen LogP contribution is 2.42. The highest BCUT2D eigenvalue weighted by Gasteiger charge is 2.43. The Bertz CT molecular complexity index is 1450. The van der Waals surface area contributed by atoms with Gasteiger partial charge in [-0.15, -0.1) is 0 Å². The summed E-state index contributed by atoms with van der Waals surface area (Å²) in [5.41, 5.74) is 1.48. The monoisotopic (exact) mass is 717 g/mol. The Morgan fingerprint density at radius 2 is 1.38 bits per heavy atom. The summed E-state index contributed by atoms with van der Waals surface area (Å²) >= 11 is 0. The van der Waals surface area contributed by atoms with Gasteiger partial charge in [0, 0.05) is 39.4 Å². The van der Waals surface area contributed by atoms with Crippen LogP contribution in [-0.4, -0.2) is 115 Å². The minimum absolute atomic E-state index is 0.0145. The molecule has 1 aliphatic heterocycles. The van der Waals surface area contributed by atoms with Gasteiger partial charge in [-0.1, -0.05) is 54.6 Å². The molecule has 2 atom stereocenters. The fraction of sp³-hybridized carbons (Fsp3) is 0.444. The minimum Gasteiger partial charge on any atom is -0.497 e. The molecule has 0 aliphatic carbocycles. The summed E-state index contributed by atoms with van der Waals surface area (Å²) in [5, 5.41) is 0. The van der Waals surface area contributed by atoms with Crippen LogP contribution in [0, 0.1) is 6.57 Å². The lowest BCUT2D eigenvalue weighted by Gasteiger charge is -2.37. The molecule has 50 heavy (non-hydrogen) atoms.